The molecular formula is C12H14FNO4. The number of rotatable bonds is 6. The summed E-state index contributed by atoms with van der Waals surface area (Å²) in [7, 11) is 1.37. The van der Waals surface area contributed by atoms with E-state index in [2.05, 4.69) is 5.32 Å². The Bertz CT molecular complexity index is 461. The normalized spacial score (nSPS) is 11.9. The van der Waals surface area contributed by atoms with E-state index in [0.717, 1.165) is 6.07 Å². The third kappa shape index (κ3) is 3.53. The van der Waals surface area contributed by atoms with Crippen molar-refractivity contribution >= 4 is 11.8 Å². The molecule has 6 heteroatoms. The molecule has 0 saturated carbocycles. The third-order valence-corrected chi connectivity index (χ3v) is 2.38. The number of carboxylic acid groups (broad SMARTS) is 1. The molecule has 0 spiro atoms. The summed E-state index contributed by atoms with van der Waals surface area (Å²) in [6, 6.07) is 2.87. The number of ketones is 1. The largest absolute Gasteiger partial charge is 0.496 e. The molecule has 0 aliphatic carbocycles. The number of Topliss-reactive ketones (excluding diaryl/α,β-unsaturated/α-hetero) is 1. The topological polar surface area (TPSA) is 75.6 Å². The molecule has 1 aromatic carbocycles. The molecule has 98 valence electrons. The summed E-state index contributed by atoms with van der Waals surface area (Å²) in [5.74, 6) is -1.79. The number of nitrogens with one attached hydrogen (secondary N) is 1. The Hall–Kier alpha value is -1.95. The van der Waals surface area contributed by atoms with E-state index in [1.165, 1.54) is 26.2 Å². The van der Waals surface area contributed by atoms with E-state index in [1.54, 1.807) is 0 Å². The van der Waals surface area contributed by atoms with Crippen molar-refractivity contribution in [3.05, 3.63) is 29.6 Å². The van der Waals surface area contributed by atoms with Crippen LogP contribution in [0.1, 0.15) is 17.3 Å². The van der Waals surface area contributed by atoms with Crippen LogP contribution in [0.3, 0.4) is 0 Å². The first-order valence-corrected chi connectivity index (χ1v) is 5.28. The molecule has 1 rings (SSSR count). The predicted molar refractivity (Wildman–Crippen MR) is 62.4 cm³/mol. The van der Waals surface area contributed by atoms with Crippen LogP contribution in [0.4, 0.5) is 4.39 Å². The third-order valence-electron chi connectivity index (χ3n) is 2.38. The first-order chi connectivity index (χ1) is 8.45. The lowest BCUT2D eigenvalue weighted by atomic mass is 10.0. The lowest BCUT2D eigenvalue weighted by Crippen LogP contribution is -2.37. The van der Waals surface area contributed by atoms with Gasteiger partial charge in [-0.15, -0.1) is 0 Å². The standard InChI is InChI=1S/C12H14FNO4/c1-7(14-6-11(15)16)12(17)9-5-8(13)3-4-10(9)18-2/h3-5,7,14H,6H2,1-2H3,(H,15,16). The van der Waals surface area contributed by atoms with Gasteiger partial charge < -0.3 is 9.84 Å². The highest BCUT2D eigenvalue weighted by Crippen LogP contribution is 2.20. The van der Waals surface area contributed by atoms with Gasteiger partial charge in [0, 0.05) is 0 Å². The molecule has 1 unspecified atom stereocenters. The minimum atomic E-state index is -1.07. The van der Waals surface area contributed by atoms with Crippen LogP contribution in [0.25, 0.3) is 0 Å². The number of carbonyl (C=O) groups excluding carboxylic acids is 1. The summed E-state index contributed by atoms with van der Waals surface area (Å²) < 4.78 is 18.1. The van der Waals surface area contributed by atoms with E-state index in [0.29, 0.717) is 0 Å². The number of ether oxygens (including phenoxy) is 1. The van der Waals surface area contributed by atoms with Crippen molar-refractivity contribution < 1.29 is 23.8 Å². The lowest BCUT2D eigenvalue weighted by Gasteiger charge is -2.13. The smallest absolute Gasteiger partial charge is 0.317 e. The molecule has 0 aliphatic heterocycles. The second-order valence-electron chi connectivity index (χ2n) is 3.71. The Balaban J connectivity index is 2.88. The molecular weight excluding hydrogens is 241 g/mol. The molecule has 0 bridgehead atoms. The van der Waals surface area contributed by atoms with E-state index >= 15 is 0 Å². The summed E-state index contributed by atoms with van der Waals surface area (Å²) in [6.45, 7) is 1.17. The van der Waals surface area contributed by atoms with Crippen LogP contribution >= 0.6 is 0 Å². The Morgan fingerprint density at radius 2 is 2.17 bits per heavy atom. The number of benzene rings is 1. The van der Waals surface area contributed by atoms with Crippen LogP contribution in [-0.2, 0) is 4.79 Å². The summed E-state index contributed by atoms with van der Waals surface area (Å²) in [6.07, 6.45) is 0. The average Bonchev–Trinajstić information content (AvgIpc) is 2.34. The zero-order chi connectivity index (χ0) is 13.7. The van der Waals surface area contributed by atoms with Crippen LogP contribution in [0, 0.1) is 5.82 Å². The summed E-state index contributed by atoms with van der Waals surface area (Å²) >= 11 is 0. The van der Waals surface area contributed by atoms with Crippen molar-refractivity contribution in [2.45, 2.75) is 13.0 Å². The number of halogens is 1. The van der Waals surface area contributed by atoms with Gasteiger partial charge in [0.25, 0.3) is 0 Å². The van der Waals surface area contributed by atoms with Crippen molar-refractivity contribution in [1.29, 1.82) is 0 Å². The summed E-state index contributed by atoms with van der Waals surface area (Å²) in [4.78, 5) is 22.4. The minimum absolute atomic E-state index is 0.0860. The maximum absolute atomic E-state index is 13.1. The van der Waals surface area contributed by atoms with Crippen LogP contribution in [-0.4, -0.2) is 36.6 Å². The fourth-order valence-corrected chi connectivity index (χ4v) is 1.44. The highest BCUT2D eigenvalue weighted by molar-refractivity contribution is 6.02. The molecule has 0 radical (unpaired) electrons. The van der Waals surface area contributed by atoms with Crippen LogP contribution in [0.2, 0.25) is 0 Å². The average molecular weight is 255 g/mol. The van der Waals surface area contributed by atoms with Crippen molar-refractivity contribution in [3.63, 3.8) is 0 Å². The molecule has 0 fully saturated rings. The number of hydrogen-bond acceptors (Lipinski definition) is 4. The van der Waals surface area contributed by atoms with Crippen LogP contribution in [0.15, 0.2) is 18.2 Å². The second kappa shape index (κ2) is 6.11. The Kier molecular flexibility index (Phi) is 4.79. The first kappa shape index (κ1) is 14.1. The molecule has 0 heterocycles. The zero-order valence-electron chi connectivity index (χ0n) is 10.1. The number of carbonyl (C=O) groups is 2. The van der Waals surface area contributed by atoms with Crippen molar-refractivity contribution in [1.82, 2.24) is 5.32 Å². The molecule has 0 amide bonds. The van der Waals surface area contributed by atoms with Gasteiger partial charge in [0.05, 0.1) is 25.3 Å². The van der Waals surface area contributed by atoms with Gasteiger partial charge in [0.15, 0.2) is 5.78 Å². The van der Waals surface area contributed by atoms with Gasteiger partial charge in [-0.05, 0) is 25.1 Å². The van der Waals surface area contributed by atoms with Gasteiger partial charge >= 0.3 is 5.97 Å². The van der Waals surface area contributed by atoms with E-state index in [1.807, 2.05) is 0 Å². The fraction of sp³-hybridized carbons (Fsp3) is 0.333. The monoisotopic (exact) mass is 255 g/mol. The Labute approximate surface area is 104 Å². The number of methoxy groups -OCH3 is 1. The lowest BCUT2D eigenvalue weighted by molar-refractivity contribution is -0.136. The highest BCUT2D eigenvalue weighted by Gasteiger charge is 2.20. The molecule has 0 aromatic heterocycles. The summed E-state index contributed by atoms with van der Waals surface area (Å²) in [5.41, 5.74) is 0.0860. The van der Waals surface area contributed by atoms with E-state index < -0.39 is 23.6 Å². The van der Waals surface area contributed by atoms with E-state index in [9.17, 15) is 14.0 Å². The van der Waals surface area contributed by atoms with E-state index in [-0.39, 0.29) is 17.9 Å². The van der Waals surface area contributed by atoms with Gasteiger partial charge in [0.2, 0.25) is 0 Å². The van der Waals surface area contributed by atoms with Crippen molar-refractivity contribution in [2.24, 2.45) is 0 Å². The second-order valence-corrected chi connectivity index (χ2v) is 3.71. The number of aliphatic carboxylic acids is 1. The predicted octanol–water partition coefficient (Wildman–Crippen LogP) is 1.08. The van der Waals surface area contributed by atoms with Crippen LogP contribution < -0.4 is 10.1 Å². The molecule has 0 aliphatic rings. The molecule has 1 aromatic rings. The minimum Gasteiger partial charge on any atom is -0.496 e. The Morgan fingerprint density at radius 3 is 2.72 bits per heavy atom. The molecule has 18 heavy (non-hydrogen) atoms. The van der Waals surface area contributed by atoms with Gasteiger partial charge in [-0.2, -0.15) is 0 Å². The quantitative estimate of drug-likeness (QED) is 0.744. The molecule has 1 atom stereocenters. The summed E-state index contributed by atoms with van der Waals surface area (Å²) in [5, 5.41) is 11.0. The van der Waals surface area contributed by atoms with E-state index in [4.69, 9.17) is 9.84 Å². The molecule has 0 saturated heterocycles. The van der Waals surface area contributed by atoms with Crippen molar-refractivity contribution in [3.8, 4) is 5.75 Å². The number of hydrogen-bond donors (Lipinski definition) is 2. The molecule has 5 nitrogen and oxygen atoms in total. The van der Waals surface area contributed by atoms with Crippen LogP contribution in [0.5, 0.6) is 5.75 Å². The fourth-order valence-electron chi connectivity index (χ4n) is 1.44. The highest BCUT2D eigenvalue weighted by atomic mass is 19.1. The van der Waals surface area contributed by atoms with Gasteiger partial charge in [-0.25, -0.2) is 4.39 Å². The van der Waals surface area contributed by atoms with Gasteiger partial charge in [-0.1, -0.05) is 0 Å². The first-order valence-electron chi connectivity index (χ1n) is 5.28. The zero-order valence-corrected chi connectivity index (χ0v) is 10.1. The van der Waals surface area contributed by atoms with Gasteiger partial charge in [0.1, 0.15) is 11.6 Å². The SMILES string of the molecule is COc1ccc(F)cc1C(=O)C(C)NCC(=O)O. The van der Waals surface area contributed by atoms with Gasteiger partial charge in [-0.3, -0.25) is 14.9 Å². The van der Waals surface area contributed by atoms with Crippen molar-refractivity contribution in [2.75, 3.05) is 13.7 Å². The molecule has 2 N–H and O–H groups in total. The maximum Gasteiger partial charge on any atom is 0.317 e. The maximum atomic E-state index is 13.1. The number of carboxylic acids is 1. The Morgan fingerprint density at radius 1 is 1.50 bits per heavy atom.